The fraction of sp³-hybridized carbons (Fsp3) is 0.800. The monoisotopic (exact) mass is 470 g/mol. The Hall–Kier alpha value is 2.12. The SMILES string of the molecule is CC1CN([C@H]2C[C@H](O)[C@@H](COP(=O)(O)OP(=O)([O-])[O-])O2)C(=O)N=C1[O-].[Na+].[Na+].[Na+]. The third-order valence-corrected chi connectivity index (χ3v) is 5.60. The van der Waals surface area contributed by atoms with Crippen LogP contribution in [-0.4, -0.2) is 58.4 Å². The summed E-state index contributed by atoms with van der Waals surface area (Å²) in [5.41, 5.74) is 0. The van der Waals surface area contributed by atoms with Crippen molar-refractivity contribution in [2.45, 2.75) is 31.8 Å². The largest absolute Gasteiger partial charge is 1.00 e. The smallest absolute Gasteiger partial charge is 0.861 e. The van der Waals surface area contributed by atoms with E-state index in [0.717, 1.165) is 4.90 Å². The van der Waals surface area contributed by atoms with Crippen LogP contribution in [0.2, 0.25) is 0 Å². The molecular weight excluding hydrogens is 455 g/mol. The summed E-state index contributed by atoms with van der Waals surface area (Å²) in [4.78, 5) is 46.0. The number of carbonyl (C=O) groups is 1. The first-order valence-corrected chi connectivity index (χ1v) is 9.94. The van der Waals surface area contributed by atoms with Crippen molar-refractivity contribution in [3.8, 4) is 0 Å². The van der Waals surface area contributed by atoms with Crippen LogP contribution in [0.15, 0.2) is 4.99 Å². The molecule has 2 unspecified atom stereocenters. The number of nitrogens with zero attached hydrogens (tertiary/aromatic N) is 2. The van der Waals surface area contributed by atoms with Crippen molar-refractivity contribution in [1.82, 2.24) is 4.90 Å². The van der Waals surface area contributed by atoms with E-state index >= 15 is 0 Å². The molecule has 2 N–H and O–H groups in total. The van der Waals surface area contributed by atoms with Crippen LogP contribution in [0, 0.1) is 5.92 Å². The molecule has 1 fully saturated rings. The van der Waals surface area contributed by atoms with Gasteiger partial charge in [0.15, 0.2) is 0 Å². The van der Waals surface area contributed by atoms with Crippen molar-refractivity contribution in [1.29, 1.82) is 0 Å². The summed E-state index contributed by atoms with van der Waals surface area (Å²) < 4.78 is 34.7. The molecule has 144 valence electrons. The number of hydrogen-bond acceptors (Lipinski definition) is 10. The molecule has 28 heavy (non-hydrogen) atoms. The number of aliphatic hydroxyl groups excluding tert-OH is 1. The van der Waals surface area contributed by atoms with Gasteiger partial charge in [0.25, 0.3) is 0 Å². The quantitative estimate of drug-likeness (QED) is 0.275. The molecule has 2 rings (SSSR count). The van der Waals surface area contributed by atoms with Gasteiger partial charge in [-0.1, -0.05) is 6.92 Å². The molecule has 1 saturated heterocycles. The van der Waals surface area contributed by atoms with Crippen molar-refractivity contribution >= 4 is 27.6 Å². The van der Waals surface area contributed by atoms with Gasteiger partial charge in [-0.25, -0.2) is 14.4 Å². The van der Waals surface area contributed by atoms with Crippen LogP contribution in [0.1, 0.15) is 13.3 Å². The van der Waals surface area contributed by atoms with Gasteiger partial charge >= 0.3 is 103 Å². The van der Waals surface area contributed by atoms with Gasteiger partial charge in [0.2, 0.25) is 0 Å². The summed E-state index contributed by atoms with van der Waals surface area (Å²) in [7, 11) is -11.0. The van der Waals surface area contributed by atoms with Crippen molar-refractivity contribution < 1.29 is 141 Å². The summed E-state index contributed by atoms with van der Waals surface area (Å²) in [5.74, 6) is -1.12. The Morgan fingerprint density at radius 2 is 1.89 bits per heavy atom. The average molecular weight is 470 g/mol. The molecule has 2 aliphatic rings. The topological polar surface area (TPSA) is 204 Å². The first-order chi connectivity index (χ1) is 11.4. The van der Waals surface area contributed by atoms with Gasteiger partial charge in [-0.2, -0.15) is 0 Å². The molecule has 0 spiro atoms. The number of carbonyl (C=O) groups excluding carboxylic acids is 1. The van der Waals surface area contributed by atoms with Crippen LogP contribution in [0.5, 0.6) is 0 Å². The van der Waals surface area contributed by atoms with E-state index < -0.39 is 58.5 Å². The number of phosphoric ester groups is 1. The minimum absolute atomic E-state index is 0. The maximum absolute atomic E-state index is 11.8. The van der Waals surface area contributed by atoms with Crippen molar-refractivity contribution in [3.63, 3.8) is 0 Å². The number of aliphatic imine (C=N–C) groups is 1. The maximum atomic E-state index is 11.8. The van der Waals surface area contributed by atoms with Gasteiger partial charge in [0, 0.05) is 18.9 Å². The zero-order chi connectivity index (χ0) is 19.0. The summed E-state index contributed by atoms with van der Waals surface area (Å²) >= 11 is 0. The van der Waals surface area contributed by atoms with Gasteiger partial charge < -0.3 is 34.2 Å². The summed E-state index contributed by atoms with van der Waals surface area (Å²) in [5, 5.41) is 21.2. The number of phosphoric acid groups is 2. The van der Waals surface area contributed by atoms with E-state index in [1.54, 1.807) is 6.92 Å². The molecule has 13 nitrogen and oxygen atoms in total. The van der Waals surface area contributed by atoms with Crippen molar-refractivity contribution in [3.05, 3.63) is 0 Å². The van der Waals surface area contributed by atoms with Gasteiger partial charge in [0.1, 0.15) is 12.3 Å². The Balaban J connectivity index is 0. The molecule has 0 saturated carbocycles. The summed E-state index contributed by atoms with van der Waals surface area (Å²) in [6, 6.07) is -0.836. The minimum atomic E-state index is -5.76. The van der Waals surface area contributed by atoms with Gasteiger partial charge in [-0.05, 0) is 5.90 Å². The zero-order valence-electron chi connectivity index (χ0n) is 15.8. The minimum Gasteiger partial charge on any atom is -0.861 e. The second-order valence-electron chi connectivity index (χ2n) is 5.51. The van der Waals surface area contributed by atoms with Crippen LogP contribution < -0.4 is 104 Å². The standard InChI is InChI=1S/C10H18N2O11P2.3Na/c1-5-3-12(10(15)11-9(5)14)8-2-6(13)7(22-8)4-21-25(19,20)23-24(16,17)18;;;/h5-8,13H,2-4H2,1H3,(H,19,20)(H,11,14,15)(H2,16,17,18);;;/q;3*+1/p-3/t5?,6-,7+,8+;;;/m0.../s1. The molecule has 18 heteroatoms. The Morgan fingerprint density at radius 3 is 2.43 bits per heavy atom. The number of aliphatic hydroxyl groups is 1. The molecule has 2 heterocycles. The predicted octanol–water partition coefficient (Wildman–Crippen LogP) is -11.7. The van der Waals surface area contributed by atoms with E-state index in [4.69, 9.17) is 9.63 Å². The van der Waals surface area contributed by atoms with Gasteiger partial charge in [-0.15, -0.1) is 0 Å². The zero-order valence-corrected chi connectivity index (χ0v) is 23.6. The van der Waals surface area contributed by atoms with E-state index in [2.05, 4.69) is 13.8 Å². The van der Waals surface area contributed by atoms with Crippen molar-refractivity contribution in [2.75, 3.05) is 13.2 Å². The third-order valence-electron chi connectivity index (χ3n) is 3.50. The van der Waals surface area contributed by atoms with Crippen LogP contribution in [-0.2, 0) is 22.7 Å². The second-order valence-corrected chi connectivity index (χ2v) is 8.25. The molecule has 5 atom stereocenters. The Labute approximate surface area is 226 Å². The third kappa shape index (κ3) is 9.72. The molecule has 0 radical (unpaired) electrons. The first-order valence-electron chi connectivity index (χ1n) is 6.98. The van der Waals surface area contributed by atoms with Gasteiger partial charge in [0.05, 0.1) is 20.5 Å². The van der Waals surface area contributed by atoms with E-state index in [1.165, 1.54) is 0 Å². The van der Waals surface area contributed by atoms with E-state index in [1.807, 2.05) is 0 Å². The molecule has 0 bridgehead atoms. The molecule has 0 aromatic heterocycles. The Morgan fingerprint density at radius 1 is 1.32 bits per heavy atom. The number of hydrogen-bond donors (Lipinski definition) is 2. The molecule has 2 amide bonds. The molecule has 0 aromatic carbocycles. The predicted molar refractivity (Wildman–Crippen MR) is 72.5 cm³/mol. The van der Waals surface area contributed by atoms with E-state index in [0.29, 0.717) is 0 Å². The fourth-order valence-corrected chi connectivity index (χ4v) is 3.87. The molecule has 0 aliphatic carbocycles. The fourth-order valence-electron chi connectivity index (χ4n) is 2.34. The van der Waals surface area contributed by atoms with Crippen LogP contribution >= 0.6 is 15.6 Å². The number of ether oxygens (including phenoxy) is 1. The number of rotatable bonds is 6. The normalized spacial score (nSPS) is 29.7. The summed E-state index contributed by atoms with van der Waals surface area (Å²) in [6.07, 6.45) is -3.47. The molecule has 2 aliphatic heterocycles. The van der Waals surface area contributed by atoms with E-state index in [9.17, 15) is 33.9 Å². The Kier molecular flexibility index (Phi) is 15.0. The molecule has 0 aromatic rings. The van der Waals surface area contributed by atoms with Crippen LogP contribution in [0.25, 0.3) is 0 Å². The van der Waals surface area contributed by atoms with Crippen LogP contribution in [0.4, 0.5) is 4.79 Å². The molecular formula is C10H15N2Na3O11P2. The van der Waals surface area contributed by atoms with Gasteiger partial charge in [-0.3, -0.25) is 13.7 Å². The number of amides is 2. The Bertz CT molecular complexity index is 663. The van der Waals surface area contributed by atoms with E-state index in [-0.39, 0.29) is 102 Å². The summed E-state index contributed by atoms with van der Waals surface area (Å²) in [6.45, 7) is 0.795. The average Bonchev–Trinajstić information content (AvgIpc) is 2.79. The van der Waals surface area contributed by atoms with Crippen molar-refractivity contribution in [2.24, 2.45) is 10.9 Å². The first kappa shape index (κ1) is 32.3. The van der Waals surface area contributed by atoms with Crippen LogP contribution in [0.3, 0.4) is 0 Å². The maximum Gasteiger partial charge on any atom is 1.00 e. The second kappa shape index (κ2) is 13.0. The number of urea groups is 1.